The summed E-state index contributed by atoms with van der Waals surface area (Å²) in [4.78, 5) is 15.3. The van der Waals surface area contributed by atoms with E-state index in [2.05, 4.69) is 20.5 Å². The van der Waals surface area contributed by atoms with E-state index in [-0.39, 0.29) is 18.3 Å². The average Bonchev–Trinajstić information content (AvgIpc) is 2.70. The Labute approximate surface area is 97.5 Å². The van der Waals surface area contributed by atoms with Crippen molar-refractivity contribution >= 4 is 11.5 Å². The second-order valence-corrected chi connectivity index (χ2v) is 3.79. The number of rotatable bonds is 5. The molecule has 1 unspecified atom stereocenters. The molecular weight excluding hydrogens is 222 g/mol. The van der Waals surface area contributed by atoms with Crippen LogP contribution in [0.1, 0.15) is 19.8 Å². The number of anilines is 1. The van der Waals surface area contributed by atoms with Crippen LogP contribution in [-0.4, -0.2) is 37.3 Å². The highest BCUT2D eigenvalue weighted by Gasteiger charge is 2.07. The number of fused-ring (bicyclic) bond motifs is 1. The first-order chi connectivity index (χ1) is 8.24. The number of nitrogens with one attached hydrogen (secondary N) is 2. The van der Waals surface area contributed by atoms with Crippen molar-refractivity contribution in [1.82, 2.24) is 19.6 Å². The molecule has 0 aromatic carbocycles. The lowest BCUT2D eigenvalue weighted by molar-refractivity contribution is 0.278. The number of aliphatic hydroxyl groups excluding tert-OH is 1. The summed E-state index contributed by atoms with van der Waals surface area (Å²) >= 11 is 0. The molecule has 0 saturated heterocycles. The number of nitrogens with zero attached hydrogens (tertiary/aromatic N) is 3. The smallest absolute Gasteiger partial charge is 0.348 e. The molecule has 0 saturated carbocycles. The van der Waals surface area contributed by atoms with Crippen molar-refractivity contribution in [3.8, 4) is 0 Å². The minimum Gasteiger partial charge on any atom is -0.396 e. The summed E-state index contributed by atoms with van der Waals surface area (Å²) in [5, 5.41) is 18.3. The van der Waals surface area contributed by atoms with Crippen LogP contribution in [0.5, 0.6) is 0 Å². The van der Waals surface area contributed by atoms with E-state index >= 15 is 0 Å². The highest BCUT2D eigenvalue weighted by Crippen LogP contribution is 2.09. The Kier molecular flexibility index (Phi) is 3.38. The molecule has 0 amide bonds. The summed E-state index contributed by atoms with van der Waals surface area (Å²) in [6.07, 6.45) is 2.98. The molecule has 0 aliphatic heterocycles. The van der Waals surface area contributed by atoms with E-state index in [9.17, 15) is 4.79 Å². The van der Waals surface area contributed by atoms with E-state index in [0.717, 1.165) is 6.42 Å². The minimum atomic E-state index is -0.304. The molecule has 2 heterocycles. The van der Waals surface area contributed by atoms with Gasteiger partial charge in [0.25, 0.3) is 0 Å². The lowest BCUT2D eigenvalue weighted by atomic mass is 10.1. The van der Waals surface area contributed by atoms with Gasteiger partial charge in [0.2, 0.25) is 0 Å². The second kappa shape index (κ2) is 4.96. The van der Waals surface area contributed by atoms with Gasteiger partial charge in [-0.2, -0.15) is 5.10 Å². The Morgan fingerprint density at radius 1 is 1.65 bits per heavy atom. The van der Waals surface area contributed by atoms with Crippen molar-refractivity contribution in [3.63, 3.8) is 0 Å². The number of H-pyrrole nitrogens is 1. The topological polar surface area (TPSA) is 95.3 Å². The first-order valence-corrected chi connectivity index (χ1v) is 5.54. The van der Waals surface area contributed by atoms with Gasteiger partial charge in [-0.15, -0.1) is 0 Å². The monoisotopic (exact) mass is 237 g/mol. The summed E-state index contributed by atoms with van der Waals surface area (Å²) in [5.74, 6) is 0.650. The summed E-state index contributed by atoms with van der Waals surface area (Å²) in [7, 11) is 0. The van der Waals surface area contributed by atoms with Gasteiger partial charge >= 0.3 is 5.69 Å². The first-order valence-electron chi connectivity index (χ1n) is 5.54. The molecule has 0 spiro atoms. The normalized spacial score (nSPS) is 12.8. The van der Waals surface area contributed by atoms with E-state index in [0.29, 0.717) is 17.9 Å². The Balaban J connectivity index is 2.21. The maximum absolute atomic E-state index is 11.2. The van der Waals surface area contributed by atoms with Crippen LogP contribution in [-0.2, 0) is 0 Å². The summed E-state index contributed by atoms with van der Waals surface area (Å²) < 4.78 is 1.33. The van der Waals surface area contributed by atoms with E-state index in [1.54, 1.807) is 6.07 Å². The van der Waals surface area contributed by atoms with Gasteiger partial charge in [0, 0.05) is 18.7 Å². The van der Waals surface area contributed by atoms with Crippen LogP contribution < -0.4 is 11.0 Å². The van der Waals surface area contributed by atoms with Crippen LogP contribution in [0.15, 0.2) is 17.2 Å². The standard InChI is InChI=1S/C10H15N5O2/c1-2-7(3-4-16)12-8-5-9-13-14-10(17)15(9)6-11-8/h5-7,12,16H,2-4H2,1H3,(H,14,17). The fourth-order valence-electron chi connectivity index (χ4n) is 1.63. The molecule has 0 fully saturated rings. The maximum atomic E-state index is 11.2. The zero-order valence-corrected chi connectivity index (χ0v) is 9.55. The third-order valence-electron chi connectivity index (χ3n) is 2.63. The molecule has 92 valence electrons. The number of hydrogen-bond acceptors (Lipinski definition) is 5. The van der Waals surface area contributed by atoms with Gasteiger partial charge in [0.05, 0.1) is 0 Å². The van der Waals surface area contributed by atoms with Crippen LogP contribution in [0.25, 0.3) is 5.65 Å². The van der Waals surface area contributed by atoms with Crippen molar-refractivity contribution in [3.05, 3.63) is 22.9 Å². The van der Waals surface area contributed by atoms with Gasteiger partial charge in [0.15, 0.2) is 5.65 Å². The third kappa shape index (κ3) is 2.44. The first kappa shape index (κ1) is 11.6. The van der Waals surface area contributed by atoms with Crippen LogP contribution in [0.4, 0.5) is 5.82 Å². The maximum Gasteiger partial charge on any atom is 0.348 e. The molecule has 0 radical (unpaired) electrons. The highest BCUT2D eigenvalue weighted by molar-refractivity contribution is 5.48. The fraction of sp³-hybridized carbons (Fsp3) is 0.500. The van der Waals surface area contributed by atoms with Crippen LogP contribution in [0, 0.1) is 0 Å². The molecule has 2 aromatic rings. The zero-order valence-electron chi connectivity index (χ0n) is 9.55. The van der Waals surface area contributed by atoms with Crippen LogP contribution in [0.2, 0.25) is 0 Å². The molecule has 1 atom stereocenters. The molecule has 2 aromatic heterocycles. The molecule has 7 heteroatoms. The fourth-order valence-corrected chi connectivity index (χ4v) is 1.63. The number of hydrogen-bond donors (Lipinski definition) is 3. The predicted molar refractivity (Wildman–Crippen MR) is 63.0 cm³/mol. The molecular formula is C10H15N5O2. The molecule has 7 nitrogen and oxygen atoms in total. The third-order valence-corrected chi connectivity index (χ3v) is 2.63. The molecule has 17 heavy (non-hydrogen) atoms. The van der Waals surface area contributed by atoms with Crippen molar-refractivity contribution in [2.45, 2.75) is 25.8 Å². The highest BCUT2D eigenvalue weighted by atomic mass is 16.3. The predicted octanol–water partition coefficient (Wildman–Crippen LogP) is -0.00950. The van der Waals surface area contributed by atoms with Gasteiger partial charge in [-0.05, 0) is 12.8 Å². The second-order valence-electron chi connectivity index (χ2n) is 3.79. The van der Waals surface area contributed by atoms with Gasteiger partial charge in [-0.1, -0.05) is 6.92 Å². The quantitative estimate of drug-likeness (QED) is 0.679. The van der Waals surface area contributed by atoms with Crippen molar-refractivity contribution in [2.75, 3.05) is 11.9 Å². The molecule has 0 aliphatic rings. The summed E-state index contributed by atoms with van der Waals surface area (Å²) in [6, 6.07) is 1.86. The number of aromatic nitrogens is 4. The van der Waals surface area contributed by atoms with E-state index < -0.39 is 0 Å². The largest absolute Gasteiger partial charge is 0.396 e. The van der Waals surface area contributed by atoms with Gasteiger partial charge < -0.3 is 10.4 Å². The van der Waals surface area contributed by atoms with E-state index in [1.165, 1.54) is 10.7 Å². The van der Waals surface area contributed by atoms with E-state index in [4.69, 9.17) is 5.11 Å². The lowest BCUT2D eigenvalue weighted by Crippen LogP contribution is -2.21. The Morgan fingerprint density at radius 2 is 2.47 bits per heavy atom. The molecule has 3 N–H and O–H groups in total. The Bertz CT molecular complexity index is 547. The van der Waals surface area contributed by atoms with Gasteiger partial charge in [0.1, 0.15) is 12.1 Å². The summed E-state index contributed by atoms with van der Waals surface area (Å²) in [6.45, 7) is 2.17. The minimum absolute atomic E-state index is 0.135. The van der Waals surface area contributed by atoms with Crippen LogP contribution >= 0.6 is 0 Å². The van der Waals surface area contributed by atoms with Crippen molar-refractivity contribution in [2.24, 2.45) is 0 Å². The van der Waals surface area contributed by atoms with E-state index in [1.807, 2.05) is 6.92 Å². The number of aliphatic hydroxyl groups is 1. The van der Waals surface area contributed by atoms with Gasteiger partial charge in [-0.25, -0.2) is 19.3 Å². The van der Waals surface area contributed by atoms with Crippen molar-refractivity contribution < 1.29 is 5.11 Å². The average molecular weight is 237 g/mol. The molecule has 0 bridgehead atoms. The van der Waals surface area contributed by atoms with Crippen molar-refractivity contribution in [1.29, 1.82) is 0 Å². The Morgan fingerprint density at radius 3 is 3.18 bits per heavy atom. The summed E-state index contributed by atoms with van der Waals surface area (Å²) in [5.41, 5.74) is 0.216. The molecule has 2 rings (SSSR count). The molecule has 0 aliphatic carbocycles. The number of aromatic amines is 1. The lowest BCUT2D eigenvalue weighted by Gasteiger charge is -2.15. The Hall–Kier alpha value is -1.89. The van der Waals surface area contributed by atoms with Crippen LogP contribution in [0.3, 0.4) is 0 Å². The SMILES string of the molecule is CCC(CCO)Nc1cc2n[nH]c(=O)n2cn1. The zero-order chi connectivity index (χ0) is 12.3. The van der Waals surface area contributed by atoms with Gasteiger partial charge in [-0.3, -0.25) is 0 Å².